The van der Waals surface area contributed by atoms with Gasteiger partial charge in [0.25, 0.3) is 0 Å². The highest BCUT2D eigenvalue weighted by Gasteiger charge is 2.08. The molecule has 8 heteroatoms. The Morgan fingerprint density at radius 1 is 1.28 bits per heavy atom. The summed E-state index contributed by atoms with van der Waals surface area (Å²) in [4.78, 5) is 1.27. The minimum absolute atomic E-state index is 0.0105. The van der Waals surface area contributed by atoms with Gasteiger partial charge in [0.05, 0.1) is 12.3 Å². The normalized spacial score (nSPS) is 11.7. The van der Waals surface area contributed by atoms with Gasteiger partial charge < -0.3 is 0 Å². The van der Waals surface area contributed by atoms with E-state index in [4.69, 9.17) is 11.6 Å². The first kappa shape index (κ1) is 13.0. The third-order valence-electron chi connectivity index (χ3n) is 2.22. The molecule has 6 nitrogen and oxygen atoms in total. The number of aryl methyl sites for hydroxylation is 1. The van der Waals surface area contributed by atoms with E-state index in [-0.39, 0.29) is 12.3 Å². The molecule has 0 aliphatic rings. The van der Waals surface area contributed by atoms with Gasteiger partial charge in [-0.25, -0.2) is 8.42 Å². The maximum absolute atomic E-state index is 11.0. The lowest BCUT2D eigenvalue weighted by molar-refractivity contribution is 0.540. The fraction of sp³-hybridized carbons (Fsp3) is 0.300. The first-order valence-electron chi connectivity index (χ1n) is 5.15. The summed E-state index contributed by atoms with van der Waals surface area (Å²) in [6.45, 7) is 0.194. The molecular weight excluding hydrogens is 276 g/mol. The van der Waals surface area contributed by atoms with Gasteiger partial charge in [0.1, 0.15) is 9.84 Å². The molecule has 1 aromatic heterocycles. The number of benzene rings is 1. The van der Waals surface area contributed by atoms with Crippen molar-refractivity contribution in [3.63, 3.8) is 0 Å². The molecule has 0 N–H and O–H groups in total. The van der Waals surface area contributed by atoms with E-state index in [1.807, 2.05) is 0 Å². The van der Waals surface area contributed by atoms with Crippen LogP contribution >= 0.6 is 11.6 Å². The van der Waals surface area contributed by atoms with Gasteiger partial charge in [-0.1, -0.05) is 11.6 Å². The number of aromatic nitrogens is 4. The van der Waals surface area contributed by atoms with Crippen LogP contribution in [0.4, 0.5) is 0 Å². The molecule has 0 aliphatic heterocycles. The van der Waals surface area contributed by atoms with Crippen molar-refractivity contribution < 1.29 is 8.42 Å². The summed E-state index contributed by atoms with van der Waals surface area (Å²) < 4.78 is 22.0. The lowest BCUT2D eigenvalue weighted by Gasteiger charge is -1.96. The number of hydrogen-bond donors (Lipinski definition) is 0. The molecule has 1 heterocycles. The highest BCUT2D eigenvalue weighted by Crippen LogP contribution is 2.16. The lowest BCUT2D eigenvalue weighted by atomic mass is 10.2. The topological polar surface area (TPSA) is 77.7 Å². The molecule has 2 rings (SSSR count). The maximum Gasteiger partial charge on any atom is 0.204 e. The van der Waals surface area contributed by atoms with Gasteiger partial charge in [0, 0.05) is 16.8 Å². The zero-order chi connectivity index (χ0) is 13.2. The van der Waals surface area contributed by atoms with Crippen LogP contribution in [0.2, 0.25) is 5.02 Å². The van der Waals surface area contributed by atoms with Gasteiger partial charge >= 0.3 is 0 Å². The summed E-state index contributed by atoms with van der Waals surface area (Å²) >= 11 is 5.78. The zero-order valence-electron chi connectivity index (χ0n) is 9.62. The van der Waals surface area contributed by atoms with E-state index in [1.54, 1.807) is 24.3 Å². The largest absolute Gasteiger partial charge is 0.229 e. The van der Waals surface area contributed by atoms with E-state index in [0.717, 1.165) is 5.56 Å². The number of nitrogens with zero attached hydrogens (tertiary/aromatic N) is 4. The highest BCUT2D eigenvalue weighted by atomic mass is 35.5. The monoisotopic (exact) mass is 286 g/mol. The Balaban J connectivity index is 2.13. The van der Waals surface area contributed by atoms with E-state index >= 15 is 0 Å². The second kappa shape index (κ2) is 5.03. The minimum atomic E-state index is -3.03. The highest BCUT2D eigenvalue weighted by molar-refractivity contribution is 7.90. The van der Waals surface area contributed by atoms with Crippen LogP contribution in [-0.4, -0.2) is 40.6 Å². The summed E-state index contributed by atoms with van der Waals surface area (Å²) in [5, 5.41) is 12.4. The van der Waals surface area contributed by atoms with Crippen molar-refractivity contribution in [2.24, 2.45) is 0 Å². The zero-order valence-corrected chi connectivity index (χ0v) is 11.2. The van der Waals surface area contributed by atoms with Crippen LogP contribution in [0.1, 0.15) is 0 Å². The lowest BCUT2D eigenvalue weighted by Crippen LogP contribution is -2.13. The van der Waals surface area contributed by atoms with Crippen LogP contribution < -0.4 is 0 Å². The Morgan fingerprint density at radius 3 is 2.56 bits per heavy atom. The Morgan fingerprint density at radius 2 is 1.94 bits per heavy atom. The molecule has 0 spiro atoms. The molecule has 0 radical (unpaired) electrons. The van der Waals surface area contributed by atoms with Gasteiger partial charge in [0.15, 0.2) is 0 Å². The van der Waals surface area contributed by atoms with Gasteiger partial charge in [-0.2, -0.15) is 4.80 Å². The molecule has 0 saturated carbocycles. The van der Waals surface area contributed by atoms with Crippen LogP contribution in [0.15, 0.2) is 24.3 Å². The predicted octanol–water partition coefficient (Wildman–Crippen LogP) is 1.04. The van der Waals surface area contributed by atoms with Gasteiger partial charge in [-0.3, -0.25) is 0 Å². The fourth-order valence-electron chi connectivity index (χ4n) is 1.30. The quantitative estimate of drug-likeness (QED) is 0.839. The van der Waals surface area contributed by atoms with E-state index in [0.29, 0.717) is 10.8 Å². The minimum Gasteiger partial charge on any atom is -0.229 e. The van der Waals surface area contributed by atoms with Crippen molar-refractivity contribution in [3.8, 4) is 11.4 Å². The molecule has 1 aromatic carbocycles. The Kier molecular flexibility index (Phi) is 3.63. The number of rotatable bonds is 4. The van der Waals surface area contributed by atoms with Crippen LogP contribution in [-0.2, 0) is 16.4 Å². The van der Waals surface area contributed by atoms with Crippen LogP contribution in [0.5, 0.6) is 0 Å². The number of sulfone groups is 1. The molecule has 0 amide bonds. The Hall–Kier alpha value is -1.47. The maximum atomic E-state index is 11.0. The first-order chi connectivity index (χ1) is 8.44. The smallest absolute Gasteiger partial charge is 0.204 e. The second-order valence-corrected chi connectivity index (χ2v) is 6.54. The molecule has 0 bridgehead atoms. The molecular formula is C10H11ClN4O2S. The molecule has 2 aromatic rings. The molecule has 0 atom stereocenters. The first-order valence-corrected chi connectivity index (χ1v) is 7.59. The number of halogens is 1. The predicted molar refractivity (Wildman–Crippen MR) is 68.0 cm³/mol. The molecule has 0 aliphatic carbocycles. The van der Waals surface area contributed by atoms with Crippen LogP contribution in [0.25, 0.3) is 11.4 Å². The summed E-state index contributed by atoms with van der Waals surface area (Å²) in [6.07, 6.45) is 1.17. The van der Waals surface area contributed by atoms with Crippen molar-refractivity contribution in [2.75, 3.05) is 12.0 Å². The molecule has 18 heavy (non-hydrogen) atoms. The van der Waals surface area contributed by atoms with Gasteiger partial charge in [0.2, 0.25) is 5.82 Å². The van der Waals surface area contributed by atoms with Gasteiger partial charge in [-0.15, -0.1) is 10.2 Å². The van der Waals surface area contributed by atoms with Crippen molar-refractivity contribution in [1.29, 1.82) is 0 Å². The SMILES string of the molecule is CS(=O)(=O)CCn1nnc(-c2ccc(Cl)cc2)n1. The molecule has 0 unspecified atom stereocenters. The van der Waals surface area contributed by atoms with Crippen molar-refractivity contribution in [3.05, 3.63) is 29.3 Å². The second-order valence-electron chi connectivity index (χ2n) is 3.85. The van der Waals surface area contributed by atoms with Crippen LogP contribution in [0.3, 0.4) is 0 Å². The summed E-state index contributed by atoms with van der Waals surface area (Å²) in [6, 6.07) is 7.02. The standard InChI is InChI=1S/C10H11ClN4O2S/c1-18(16,17)7-6-15-13-10(12-14-15)8-2-4-9(11)5-3-8/h2-5H,6-7H2,1H3. The van der Waals surface area contributed by atoms with Gasteiger partial charge in [-0.05, 0) is 29.5 Å². The van der Waals surface area contributed by atoms with Crippen molar-refractivity contribution in [1.82, 2.24) is 20.2 Å². The Bertz CT molecular complexity index is 636. The van der Waals surface area contributed by atoms with Crippen LogP contribution in [0, 0.1) is 0 Å². The van der Waals surface area contributed by atoms with E-state index in [9.17, 15) is 8.42 Å². The van der Waals surface area contributed by atoms with E-state index in [2.05, 4.69) is 15.4 Å². The third kappa shape index (κ3) is 3.51. The third-order valence-corrected chi connectivity index (χ3v) is 3.39. The van der Waals surface area contributed by atoms with E-state index < -0.39 is 9.84 Å². The number of tetrazole rings is 1. The summed E-state index contributed by atoms with van der Waals surface area (Å²) in [5.74, 6) is 0.434. The number of hydrogen-bond acceptors (Lipinski definition) is 5. The average Bonchev–Trinajstić information content (AvgIpc) is 2.75. The van der Waals surface area contributed by atoms with Crippen molar-refractivity contribution in [2.45, 2.75) is 6.54 Å². The summed E-state index contributed by atoms with van der Waals surface area (Å²) in [7, 11) is -3.03. The average molecular weight is 287 g/mol. The van der Waals surface area contributed by atoms with E-state index in [1.165, 1.54) is 11.1 Å². The fourth-order valence-corrected chi connectivity index (χ4v) is 1.92. The van der Waals surface area contributed by atoms with Crippen molar-refractivity contribution >= 4 is 21.4 Å². The molecule has 96 valence electrons. The molecule has 0 saturated heterocycles. The Labute approximate surface area is 109 Å². The summed E-state index contributed by atoms with van der Waals surface area (Å²) in [5.41, 5.74) is 0.782. The molecule has 0 fully saturated rings.